The summed E-state index contributed by atoms with van der Waals surface area (Å²) in [6, 6.07) is 0. The number of hydrogen-bond acceptors (Lipinski definition) is 1. The Labute approximate surface area is 68.1 Å². The molecule has 0 spiro atoms. The van der Waals surface area contributed by atoms with Gasteiger partial charge in [-0.05, 0) is 24.5 Å². The van der Waals surface area contributed by atoms with Gasteiger partial charge in [0, 0.05) is 0 Å². The van der Waals surface area contributed by atoms with Gasteiger partial charge in [0.2, 0.25) is 0 Å². The zero-order chi connectivity index (χ0) is 8.10. The molecule has 0 fully saturated rings. The number of methoxy groups -OCH3 is 1. The Hall–Kier alpha value is -0.980. The second-order valence-electron chi connectivity index (χ2n) is 2.49. The van der Waals surface area contributed by atoms with Gasteiger partial charge in [0.05, 0.1) is 7.11 Å². The van der Waals surface area contributed by atoms with Gasteiger partial charge in [0.15, 0.2) is 0 Å². The van der Waals surface area contributed by atoms with E-state index in [0.717, 1.165) is 18.6 Å². The van der Waals surface area contributed by atoms with Gasteiger partial charge in [-0.25, -0.2) is 0 Å². The first-order chi connectivity index (χ1) is 5.38. The van der Waals surface area contributed by atoms with E-state index in [9.17, 15) is 0 Å². The zero-order valence-electron chi connectivity index (χ0n) is 7.13. The molecular weight excluding hydrogens is 136 g/mol. The van der Waals surface area contributed by atoms with E-state index in [1.807, 2.05) is 6.08 Å². The van der Waals surface area contributed by atoms with Crippen LogP contribution in [0.2, 0.25) is 0 Å². The summed E-state index contributed by atoms with van der Waals surface area (Å²) in [5.74, 6) is 1.00. The number of hydrogen-bond donors (Lipinski definition) is 0. The fourth-order valence-electron chi connectivity index (χ4n) is 1.14. The minimum absolute atomic E-state index is 1.00. The lowest BCUT2D eigenvalue weighted by Crippen LogP contribution is -1.87. The summed E-state index contributed by atoms with van der Waals surface area (Å²) in [5, 5.41) is 0. The third-order valence-corrected chi connectivity index (χ3v) is 1.78. The van der Waals surface area contributed by atoms with E-state index < -0.39 is 0 Å². The molecule has 0 heterocycles. The summed E-state index contributed by atoms with van der Waals surface area (Å²) in [5.41, 5.74) is 1.28. The molecule has 60 valence electrons. The SMILES string of the molecule is CCC1=C(OC)C=CCC=C1. The first kappa shape index (κ1) is 8.12. The van der Waals surface area contributed by atoms with Crippen LogP contribution in [-0.2, 0) is 4.74 Å². The maximum absolute atomic E-state index is 5.22. The summed E-state index contributed by atoms with van der Waals surface area (Å²) in [7, 11) is 1.72. The highest BCUT2D eigenvalue weighted by Gasteiger charge is 1.99. The predicted molar refractivity (Wildman–Crippen MR) is 47.2 cm³/mol. The Bertz CT molecular complexity index is 187. The molecule has 0 radical (unpaired) electrons. The van der Waals surface area contributed by atoms with Crippen LogP contribution in [0.1, 0.15) is 19.8 Å². The largest absolute Gasteiger partial charge is 0.496 e. The Balaban J connectivity index is 2.90. The van der Waals surface area contributed by atoms with Crippen LogP contribution < -0.4 is 0 Å². The van der Waals surface area contributed by atoms with E-state index >= 15 is 0 Å². The molecule has 0 amide bonds. The predicted octanol–water partition coefficient (Wildman–Crippen LogP) is 2.81. The van der Waals surface area contributed by atoms with E-state index in [4.69, 9.17) is 4.74 Å². The van der Waals surface area contributed by atoms with Gasteiger partial charge in [-0.3, -0.25) is 0 Å². The molecule has 0 aromatic heterocycles. The topological polar surface area (TPSA) is 9.23 Å². The summed E-state index contributed by atoms with van der Waals surface area (Å²) in [4.78, 5) is 0. The van der Waals surface area contributed by atoms with Crippen LogP contribution in [0, 0.1) is 0 Å². The molecule has 0 saturated heterocycles. The molecule has 0 N–H and O–H groups in total. The summed E-state index contributed by atoms with van der Waals surface area (Å²) >= 11 is 0. The molecule has 1 aliphatic rings. The first-order valence-corrected chi connectivity index (χ1v) is 3.98. The standard InChI is InChI=1S/C10H14O/c1-3-9-7-5-4-6-8-10(9)11-2/h5-8H,3-4H2,1-2H3. The molecule has 0 aliphatic heterocycles. The maximum Gasteiger partial charge on any atom is 0.121 e. The molecule has 1 aliphatic carbocycles. The number of ether oxygens (including phenoxy) is 1. The van der Waals surface area contributed by atoms with Crippen LogP contribution in [-0.4, -0.2) is 7.11 Å². The number of allylic oxidation sites excluding steroid dienone is 5. The van der Waals surface area contributed by atoms with Crippen LogP contribution in [0.25, 0.3) is 0 Å². The molecule has 0 unspecified atom stereocenters. The smallest absolute Gasteiger partial charge is 0.121 e. The van der Waals surface area contributed by atoms with E-state index in [1.165, 1.54) is 5.57 Å². The highest BCUT2D eigenvalue weighted by molar-refractivity contribution is 5.31. The van der Waals surface area contributed by atoms with E-state index in [-0.39, 0.29) is 0 Å². The van der Waals surface area contributed by atoms with Gasteiger partial charge in [-0.15, -0.1) is 0 Å². The van der Waals surface area contributed by atoms with Crippen molar-refractivity contribution in [3.63, 3.8) is 0 Å². The number of rotatable bonds is 2. The molecule has 0 aromatic rings. The van der Waals surface area contributed by atoms with Crippen LogP contribution in [0.5, 0.6) is 0 Å². The molecule has 0 atom stereocenters. The van der Waals surface area contributed by atoms with Crippen LogP contribution in [0.4, 0.5) is 0 Å². The van der Waals surface area contributed by atoms with Gasteiger partial charge >= 0.3 is 0 Å². The average molecular weight is 150 g/mol. The molecule has 1 heteroatoms. The van der Waals surface area contributed by atoms with Gasteiger partial charge < -0.3 is 4.74 Å². The van der Waals surface area contributed by atoms with Crippen molar-refractivity contribution in [1.29, 1.82) is 0 Å². The van der Waals surface area contributed by atoms with Crippen molar-refractivity contribution in [2.75, 3.05) is 7.11 Å². The molecule has 0 saturated carbocycles. The first-order valence-electron chi connectivity index (χ1n) is 3.98. The van der Waals surface area contributed by atoms with Crippen LogP contribution >= 0.6 is 0 Å². The van der Waals surface area contributed by atoms with Gasteiger partial charge in [-0.2, -0.15) is 0 Å². The Morgan fingerprint density at radius 1 is 1.36 bits per heavy atom. The van der Waals surface area contributed by atoms with E-state index in [2.05, 4.69) is 25.2 Å². The fraction of sp³-hybridized carbons (Fsp3) is 0.400. The monoisotopic (exact) mass is 150 g/mol. The minimum Gasteiger partial charge on any atom is -0.496 e. The Kier molecular flexibility index (Phi) is 2.96. The van der Waals surface area contributed by atoms with Crippen molar-refractivity contribution in [3.05, 3.63) is 35.6 Å². The summed E-state index contributed by atoms with van der Waals surface area (Å²) < 4.78 is 5.22. The Morgan fingerprint density at radius 3 is 2.73 bits per heavy atom. The van der Waals surface area contributed by atoms with Crippen molar-refractivity contribution < 1.29 is 4.74 Å². The van der Waals surface area contributed by atoms with Gasteiger partial charge in [0.25, 0.3) is 0 Å². The molecule has 11 heavy (non-hydrogen) atoms. The highest BCUT2D eigenvalue weighted by atomic mass is 16.5. The lowest BCUT2D eigenvalue weighted by molar-refractivity contribution is 0.302. The second kappa shape index (κ2) is 4.02. The zero-order valence-corrected chi connectivity index (χ0v) is 7.13. The normalized spacial score (nSPS) is 16.9. The van der Waals surface area contributed by atoms with Crippen molar-refractivity contribution in [2.24, 2.45) is 0 Å². The summed E-state index contributed by atoms with van der Waals surface area (Å²) in [6.45, 7) is 2.14. The molecule has 0 aromatic carbocycles. The van der Waals surface area contributed by atoms with Crippen molar-refractivity contribution in [1.82, 2.24) is 0 Å². The van der Waals surface area contributed by atoms with Crippen molar-refractivity contribution in [2.45, 2.75) is 19.8 Å². The molecular formula is C10H14O. The van der Waals surface area contributed by atoms with Gasteiger partial charge in [-0.1, -0.05) is 25.2 Å². The average Bonchev–Trinajstić information content (AvgIpc) is 2.27. The molecule has 1 rings (SSSR count). The quantitative estimate of drug-likeness (QED) is 0.588. The Morgan fingerprint density at radius 2 is 2.09 bits per heavy atom. The lowest BCUT2D eigenvalue weighted by atomic mass is 10.1. The third-order valence-electron chi connectivity index (χ3n) is 1.78. The lowest BCUT2D eigenvalue weighted by Gasteiger charge is -2.03. The minimum atomic E-state index is 1.00. The van der Waals surface area contributed by atoms with Crippen LogP contribution in [0.3, 0.4) is 0 Å². The maximum atomic E-state index is 5.22. The van der Waals surface area contributed by atoms with E-state index in [0.29, 0.717) is 0 Å². The van der Waals surface area contributed by atoms with Crippen molar-refractivity contribution in [3.8, 4) is 0 Å². The highest BCUT2D eigenvalue weighted by Crippen LogP contribution is 2.15. The fourth-order valence-corrected chi connectivity index (χ4v) is 1.14. The van der Waals surface area contributed by atoms with Gasteiger partial charge in [0.1, 0.15) is 5.76 Å². The molecule has 1 nitrogen and oxygen atoms in total. The van der Waals surface area contributed by atoms with Crippen molar-refractivity contribution >= 4 is 0 Å². The summed E-state index contributed by atoms with van der Waals surface area (Å²) in [6.07, 6.45) is 10.5. The third kappa shape index (κ3) is 1.97. The molecule has 0 bridgehead atoms. The van der Waals surface area contributed by atoms with E-state index in [1.54, 1.807) is 7.11 Å². The van der Waals surface area contributed by atoms with Crippen LogP contribution in [0.15, 0.2) is 35.6 Å². The second-order valence-corrected chi connectivity index (χ2v) is 2.49.